The van der Waals surface area contributed by atoms with Gasteiger partial charge in [-0.15, -0.1) is 0 Å². The van der Waals surface area contributed by atoms with E-state index < -0.39 is 5.82 Å². The third kappa shape index (κ3) is 2.42. The van der Waals surface area contributed by atoms with E-state index in [1.807, 2.05) is 30.3 Å². The predicted molar refractivity (Wildman–Crippen MR) is 83.2 cm³/mol. The highest BCUT2D eigenvalue weighted by molar-refractivity contribution is 6.06. The Bertz CT molecular complexity index is 757. The normalized spacial score (nSPS) is 23.0. The summed E-state index contributed by atoms with van der Waals surface area (Å²) < 4.78 is 12.9. The fourth-order valence-corrected chi connectivity index (χ4v) is 3.37. The molecule has 122 valence electrons. The van der Waals surface area contributed by atoms with Crippen LogP contribution in [0.25, 0.3) is 0 Å². The number of aromatic nitrogens is 2. The van der Waals surface area contributed by atoms with Crippen LogP contribution in [-0.2, 0) is 16.1 Å². The zero-order chi connectivity index (χ0) is 16.7. The molecule has 2 aliphatic rings. The lowest BCUT2D eigenvalue weighted by molar-refractivity contribution is -0.140. The van der Waals surface area contributed by atoms with Crippen molar-refractivity contribution in [3.8, 4) is 0 Å². The van der Waals surface area contributed by atoms with Gasteiger partial charge in [-0.05, 0) is 5.56 Å². The van der Waals surface area contributed by atoms with Gasteiger partial charge in [-0.25, -0.2) is 14.4 Å². The quantitative estimate of drug-likeness (QED) is 0.794. The van der Waals surface area contributed by atoms with Gasteiger partial charge in [0.05, 0.1) is 30.8 Å². The van der Waals surface area contributed by atoms with Crippen LogP contribution in [0.15, 0.2) is 42.7 Å². The molecule has 2 aliphatic heterocycles. The lowest BCUT2D eigenvalue weighted by atomic mass is 10.00. The lowest BCUT2D eigenvalue weighted by Crippen LogP contribution is -2.36. The second kappa shape index (κ2) is 5.67. The van der Waals surface area contributed by atoms with Crippen LogP contribution in [0.5, 0.6) is 0 Å². The molecule has 2 saturated heterocycles. The van der Waals surface area contributed by atoms with Crippen LogP contribution in [-0.4, -0.2) is 39.8 Å². The van der Waals surface area contributed by atoms with Crippen LogP contribution in [0.2, 0.25) is 0 Å². The molecule has 4 rings (SSSR count). The molecule has 2 aromatic rings. The number of fused-ring (bicyclic) bond motifs is 1. The number of hydrogen-bond donors (Lipinski definition) is 0. The van der Waals surface area contributed by atoms with E-state index >= 15 is 0 Å². The maximum atomic E-state index is 12.9. The average Bonchev–Trinajstić information content (AvgIpc) is 3.13. The van der Waals surface area contributed by atoms with E-state index in [0.717, 1.165) is 18.0 Å². The fraction of sp³-hybridized carbons (Fsp3) is 0.294. The van der Waals surface area contributed by atoms with Gasteiger partial charge in [0.2, 0.25) is 17.8 Å². The zero-order valence-electron chi connectivity index (χ0n) is 12.8. The average molecular weight is 326 g/mol. The minimum Gasteiger partial charge on any atom is -0.339 e. The van der Waals surface area contributed by atoms with E-state index in [2.05, 4.69) is 9.97 Å². The Labute approximate surface area is 137 Å². The van der Waals surface area contributed by atoms with Crippen molar-refractivity contribution in [1.82, 2.24) is 14.9 Å². The number of carbonyl (C=O) groups is 2. The van der Waals surface area contributed by atoms with E-state index in [9.17, 15) is 14.0 Å². The number of amides is 2. The summed E-state index contributed by atoms with van der Waals surface area (Å²) in [6.07, 6.45) is 2.17. The zero-order valence-corrected chi connectivity index (χ0v) is 12.8. The number of benzene rings is 1. The molecule has 2 atom stereocenters. The summed E-state index contributed by atoms with van der Waals surface area (Å²) in [6.45, 7) is 1.07. The third-order valence-corrected chi connectivity index (χ3v) is 4.56. The number of imide groups is 1. The number of likely N-dealkylation sites (tertiary alicyclic amines) is 1. The van der Waals surface area contributed by atoms with Crippen molar-refractivity contribution in [2.45, 2.75) is 6.54 Å². The van der Waals surface area contributed by atoms with Crippen molar-refractivity contribution in [2.24, 2.45) is 11.8 Å². The monoisotopic (exact) mass is 326 g/mol. The molecule has 1 aromatic carbocycles. The Morgan fingerprint density at radius 3 is 2.17 bits per heavy atom. The summed E-state index contributed by atoms with van der Waals surface area (Å²) >= 11 is 0. The maximum absolute atomic E-state index is 12.9. The van der Waals surface area contributed by atoms with Crippen molar-refractivity contribution in [2.75, 3.05) is 18.0 Å². The van der Waals surface area contributed by atoms with Gasteiger partial charge in [-0.2, -0.15) is 0 Å². The van der Waals surface area contributed by atoms with Gasteiger partial charge in [-0.3, -0.25) is 14.5 Å². The highest BCUT2D eigenvalue weighted by atomic mass is 19.1. The van der Waals surface area contributed by atoms with Crippen LogP contribution >= 0.6 is 0 Å². The summed E-state index contributed by atoms with van der Waals surface area (Å²) in [4.78, 5) is 36.2. The van der Waals surface area contributed by atoms with Gasteiger partial charge < -0.3 is 4.90 Å². The smallest absolute Gasteiger partial charge is 0.235 e. The number of nitrogens with zero attached hydrogens (tertiary/aromatic N) is 4. The van der Waals surface area contributed by atoms with Crippen molar-refractivity contribution in [1.29, 1.82) is 0 Å². The van der Waals surface area contributed by atoms with Gasteiger partial charge >= 0.3 is 0 Å². The molecular formula is C17H15FN4O2. The van der Waals surface area contributed by atoms with E-state index in [0.29, 0.717) is 25.6 Å². The summed E-state index contributed by atoms with van der Waals surface area (Å²) in [5, 5.41) is 0. The number of rotatable bonds is 3. The van der Waals surface area contributed by atoms with Crippen molar-refractivity contribution < 1.29 is 14.0 Å². The van der Waals surface area contributed by atoms with Crippen LogP contribution in [0, 0.1) is 17.7 Å². The van der Waals surface area contributed by atoms with Crippen LogP contribution in [0.1, 0.15) is 5.56 Å². The lowest BCUT2D eigenvalue weighted by Gasteiger charge is -2.20. The SMILES string of the molecule is O=C1C2CN(c3ncc(F)cn3)CC2C(=O)N1Cc1ccccc1. The number of halogens is 1. The van der Waals surface area contributed by atoms with Crippen molar-refractivity contribution in [3.63, 3.8) is 0 Å². The van der Waals surface area contributed by atoms with Gasteiger partial charge in [0.1, 0.15) is 0 Å². The molecule has 0 radical (unpaired) electrons. The first-order chi connectivity index (χ1) is 11.6. The second-order valence-electron chi connectivity index (χ2n) is 6.07. The predicted octanol–water partition coefficient (Wildman–Crippen LogP) is 1.24. The first-order valence-electron chi connectivity index (χ1n) is 7.75. The third-order valence-electron chi connectivity index (χ3n) is 4.56. The van der Waals surface area contributed by atoms with Gasteiger partial charge in [0.15, 0.2) is 5.82 Å². The second-order valence-corrected chi connectivity index (χ2v) is 6.07. The van der Waals surface area contributed by atoms with Gasteiger partial charge in [0, 0.05) is 13.1 Å². The first kappa shape index (κ1) is 14.7. The van der Waals surface area contributed by atoms with E-state index in [1.54, 1.807) is 4.90 Å². The Morgan fingerprint density at radius 2 is 1.58 bits per heavy atom. The molecule has 2 unspecified atom stereocenters. The first-order valence-corrected chi connectivity index (χ1v) is 7.75. The molecule has 2 amide bonds. The van der Waals surface area contributed by atoms with Crippen LogP contribution in [0.4, 0.5) is 10.3 Å². The van der Waals surface area contributed by atoms with Crippen molar-refractivity contribution >= 4 is 17.8 Å². The molecule has 0 bridgehead atoms. The summed E-state index contributed by atoms with van der Waals surface area (Å²) in [5.41, 5.74) is 0.929. The molecular weight excluding hydrogens is 311 g/mol. The molecule has 0 saturated carbocycles. The minimum atomic E-state index is -0.515. The number of hydrogen-bond acceptors (Lipinski definition) is 5. The van der Waals surface area contributed by atoms with E-state index in [4.69, 9.17) is 0 Å². The van der Waals surface area contributed by atoms with E-state index in [-0.39, 0.29) is 23.7 Å². The van der Waals surface area contributed by atoms with Gasteiger partial charge in [0.25, 0.3) is 0 Å². The largest absolute Gasteiger partial charge is 0.339 e. The van der Waals surface area contributed by atoms with Crippen molar-refractivity contribution in [3.05, 3.63) is 54.1 Å². The molecule has 6 nitrogen and oxygen atoms in total. The highest BCUT2D eigenvalue weighted by Gasteiger charge is 2.52. The molecule has 2 fully saturated rings. The Morgan fingerprint density at radius 1 is 1.00 bits per heavy atom. The molecule has 0 N–H and O–H groups in total. The van der Waals surface area contributed by atoms with Gasteiger partial charge in [-0.1, -0.05) is 30.3 Å². The summed E-state index contributed by atoms with van der Waals surface area (Å²) in [5.74, 6) is -1.23. The molecule has 1 aromatic heterocycles. The highest BCUT2D eigenvalue weighted by Crippen LogP contribution is 2.35. The molecule has 24 heavy (non-hydrogen) atoms. The standard InChI is InChI=1S/C17H15FN4O2/c18-12-6-19-17(20-7-12)21-9-13-14(10-21)16(24)22(15(13)23)8-11-4-2-1-3-5-11/h1-7,13-14H,8-10H2. The van der Waals surface area contributed by atoms with E-state index in [1.165, 1.54) is 4.90 Å². The Balaban J connectivity index is 1.50. The van der Waals surface area contributed by atoms with Crippen LogP contribution < -0.4 is 4.90 Å². The Hall–Kier alpha value is -2.83. The molecule has 0 spiro atoms. The maximum Gasteiger partial charge on any atom is 0.235 e. The minimum absolute atomic E-state index is 0.154. The number of carbonyl (C=O) groups excluding carboxylic acids is 2. The fourth-order valence-electron chi connectivity index (χ4n) is 3.37. The molecule has 3 heterocycles. The molecule has 0 aliphatic carbocycles. The Kier molecular flexibility index (Phi) is 3.48. The number of anilines is 1. The van der Waals surface area contributed by atoms with Crippen LogP contribution in [0.3, 0.4) is 0 Å². The summed E-state index contributed by atoms with van der Waals surface area (Å²) in [6, 6.07) is 9.46. The summed E-state index contributed by atoms with van der Waals surface area (Å²) in [7, 11) is 0. The topological polar surface area (TPSA) is 66.4 Å². The molecule has 7 heteroatoms.